The first kappa shape index (κ1) is 20.4. The summed E-state index contributed by atoms with van der Waals surface area (Å²) in [5, 5.41) is 11.5. The Morgan fingerprint density at radius 1 is 1.03 bits per heavy atom. The maximum absolute atomic E-state index is 12.3. The van der Waals surface area contributed by atoms with E-state index in [1.807, 2.05) is 31.2 Å². The third-order valence-corrected chi connectivity index (χ3v) is 5.30. The minimum absolute atomic E-state index is 0.00891. The first-order valence-electron chi connectivity index (χ1n) is 8.85. The Morgan fingerprint density at radius 2 is 1.72 bits per heavy atom. The number of rotatable bonds is 7. The minimum atomic E-state index is -0.404. The third kappa shape index (κ3) is 5.33. The quantitative estimate of drug-likeness (QED) is 0.210. The Morgan fingerprint density at radius 3 is 2.34 bits per heavy atom. The lowest BCUT2D eigenvalue weighted by Crippen LogP contribution is -1.95. The van der Waals surface area contributed by atoms with Gasteiger partial charge in [-0.2, -0.15) is 0 Å². The lowest BCUT2D eigenvalue weighted by molar-refractivity contribution is -0.387. The zero-order valence-corrected chi connectivity index (χ0v) is 16.8. The number of carbonyl (C=O) groups excluding carboxylic acids is 1. The second-order valence-corrected chi connectivity index (χ2v) is 7.44. The van der Waals surface area contributed by atoms with Gasteiger partial charge in [-0.25, -0.2) is 0 Å². The Labute approximate surface area is 173 Å². The zero-order chi connectivity index (χ0) is 20.8. The summed E-state index contributed by atoms with van der Waals surface area (Å²) >= 11 is 1.34. The molecule has 0 aromatic heterocycles. The largest absolute Gasteiger partial charge is 0.497 e. The van der Waals surface area contributed by atoms with Gasteiger partial charge in [-0.3, -0.25) is 14.9 Å². The van der Waals surface area contributed by atoms with E-state index in [0.29, 0.717) is 21.8 Å². The predicted molar refractivity (Wildman–Crippen MR) is 115 cm³/mol. The molecule has 0 aliphatic heterocycles. The molecule has 0 heterocycles. The molecule has 0 fully saturated rings. The van der Waals surface area contributed by atoms with Gasteiger partial charge in [0.2, 0.25) is 0 Å². The maximum Gasteiger partial charge on any atom is 0.283 e. The van der Waals surface area contributed by atoms with Gasteiger partial charge in [0.1, 0.15) is 5.75 Å². The highest BCUT2D eigenvalue weighted by atomic mass is 32.2. The van der Waals surface area contributed by atoms with Crippen LogP contribution in [0, 0.1) is 17.0 Å². The molecular formula is C23H19NO4S. The molecule has 0 saturated heterocycles. The normalized spacial score (nSPS) is 10.8. The summed E-state index contributed by atoms with van der Waals surface area (Å²) in [5.41, 5.74) is 2.25. The molecule has 0 bridgehead atoms. The number of carbonyl (C=O) groups is 1. The van der Waals surface area contributed by atoms with Crippen molar-refractivity contribution in [2.45, 2.75) is 16.7 Å². The van der Waals surface area contributed by atoms with Crippen LogP contribution in [0.4, 0.5) is 5.69 Å². The average molecular weight is 405 g/mol. The number of nitrogens with zero attached hydrogens (tertiary/aromatic N) is 1. The summed E-state index contributed by atoms with van der Waals surface area (Å²) in [5.74, 6) is 0.483. The molecule has 0 saturated carbocycles. The van der Waals surface area contributed by atoms with Crippen LogP contribution in [-0.4, -0.2) is 17.8 Å². The number of benzene rings is 3. The van der Waals surface area contributed by atoms with Crippen LogP contribution in [0.3, 0.4) is 0 Å². The first-order chi connectivity index (χ1) is 14.0. The minimum Gasteiger partial charge on any atom is -0.497 e. The van der Waals surface area contributed by atoms with E-state index in [4.69, 9.17) is 4.74 Å². The molecule has 5 nitrogen and oxygen atoms in total. The topological polar surface area (TPSA) is 69.4 Å². The fourth-order valence-corrected chi connectivity index (χ4v) is 3.52. The predicted octanol–water partition coefficient (Wildman–Crippen LogP) is 5.96. The van der Waals surface area contributed by atoms with Crippen molar-refractivity contribution in [2.75, 3.05) is 7.11 Å². The second-order valence-electron chi connectivity index (χ2n) is 6.33. The number of allylic oxidation sites excluding steroid dienone is 1. The van der Waals surface area contributed by atoms with Crippen LogP contribution in [0.15, 0.2) is 82.6 Å². The van der Waals surface area contributed by atoms with Crippen molar-refractivity contribution in [3.63, 3.8) is 0 Å². The van der Waals surface area contributed by atoms with Crippen molar-refractivity contribution >= 4 is 29.3 Å². The summed E-state index contributed by atoms with van der Waals surface area (Å²) in [4.78, 5) is 24.9. The fraction of sp³-hybridized carbons (Fsp3) is 0.0870. The van der Waals surface area contributed by atoms with Crippen LogP contribution < -0.4 is 4.74 Å². The van der Waals surface area contributed by atoms with E-state index >= 15 is 0 Å². The van der Waals surface area contributed by atoms with Crippen LogP contribution in [0.25, 0.3) is 6.08 Å². The molecule has 3 aromatic carbocycles. The van der Waals surface area contributed by atoms with Gasteiger partial charge in [-0.15, -0.1) is 0 Å². The average Bonchev–Trinajstić information content (AvgIpc) is 2.74. The number of aryl methyl sites for hydroxylation is 1. The van der Waals surface area contributed by atoms with E-state index in [9.17, 15) is 14.9 Å². The summed E-state index contributed by atoms with van der Waals surface area (Å²) in [6.07, 6.45) is 2.99. The summed E-state index contributed by atoms with van der Waals surface area (Å²) in [6.45, 7) is 1.99. The number of ether oxygens (including phenoxy) is 1. The molecule has 0 aliphatic rings. The smallest absolute Gasteiger partial charge is 0.283 e. The molecular weight excluding hydrogens is 386 g/mol. The van der Waals surface area contributed by atoms with Gasteiger partial charge in [0, 0.05) is 16.5 Å². The monoisotopic (exact) mass is 405 g/mol. The number of hydrogen-bond donors (Lipinski definition) is 0. The van der Waals surface area contributed by atoms with Gasteiger partial charge in [0.15, 0.2) is 5.78 Å². The summed E-state index contributed by atoms with van der Waals surface area (Å²) in [6, 6.07) is 19.5. The molecule has 0 spiro atoms. The van der Waals surface area contributed by atoms with E-state index in [1.54, 1.807) is 49.6 Å². The molecule has 0 N–H and O–H groups in total. The number of hydrogen-bond acceptors (Lipinski definition) is 5. The van der Waals surface area contributed by atoms with Gasteiger partial charge in [-0.05, 0) is 61.0 Å². The molecule has 0 amide bonds. The highest BCUT2D eigenvalue weighted by Crippen LogP contribution is 2.35. The number of nitro groups is 1. The van der Waals surface area contributed by atoms with Crippen molar-refractivity contribution in [3.8, 4) is 5.75 Å². The standard InChI is InChI=1S/C23H19NO4S/c1-16-3-11-20(12-4-16)29-23-14-6-17(15-21(23)24(26)27)5-13-22(25)18-7-9-19(28-2)10-8-18/h3-15H,1-2H3. The Balaban J connectivity index is 1.79. The van der Waals surface area contributed by atoms with E-state index in [-0.39, 0.29) is 11.5 Å². The van der Waals surface area contributed by atoms with Crippen LogP contribution in [0.5, 0.6) is 5.75 Å². The molecule has 0 radical (unpaired) electrons. The Hall–Kier alpha value is -3.38. The Kier molecular flexibility index (Phi) is 6.46. The van der Waals surface area contributed by atoms with E-state index in [1.165, 1.54) is 23.9 Å². The van der Waals surface area contributed by atoms with Gasteiger partial charge in [-0.1, -0.05) is 41.6 Å². The molecule has 0 aliphatic carbocycles. The third-order valence-electron chi connectivity index (χ3n) is 4.23. The highest BCUT2D eigenvalue weighted by Gasteiger charge is 2.15. The Bertz CT molecular complexity index is 1060. The van der Waals surface area contributed by atoms with Crippen LogP contribution >= 0.6 is 11.8 Å². The maximum atomic E-state index is 12.3. The zero-order valence-electron chi connectivity index (χ0n) is 16.0. The lowest BCUT2D eigenvalue weighted by Gasteiger charge is -2.05. The van der Waals surface area contributed by atoms with E-state index in [0.717, 1.165) is 10.5 Å². The first-order valence-corrected chi connectivity index (χ1v) is 9.67. The number of nitro benzene ring substituents is 1. The lowest BCUT2D eigenvalue weighted by atomic mass is 10.1. The molecule has 6 heteroatoms. The summed E-state index contributed by atoms with van der Waals surface area (Å²) in [7, 11) is 1.56. The van der Waals surface area contributed by atoms with Crippen LogP contribution in [-0.2, 0) is 0 Å². The SMILES string of the molecule is COc1ccc(C(=O)C=Cc2ccc(Sc3ccc(C)cc3)c([N+](=O)[O-])c2)cc1. The van der Waals surface area contributed by atoms with Gasteiger partial charge in [0.05, 0.1) is 16.9 Å². The molecule has 3 rings (SSSR count). The molecule has 0 atom stereocenters. The van der Waals surface area contributed by atoms with Gasteiger partial charge < -0.3 is 4.74 Å². The summed E-state index contributed by atoms with van der Waals surface area (Å²) < 4.78 is 5.08. The molecule has 0 unspecified atom stereocenters. The van der Waals surface area contributed by atoms with Crippen molar-refractivity contribution in [1.29, 1.82) is 0 Å². The van der Waals surface area contributed by atoms with Crippen LogP contribution in [0.2, 0.25) is 0 Å². The highest BCUT2D eigenvalue weighted by molar-refractivity contribution is 7.99. The fourth-order valence-electron chi connectivity index (χ4n) is 2.62. The van der Waals surface area contributed by atoms with Crippen molar-refractivity contribution in [1.82, 2.24) is 0 Å². The van der Waals surface area contributed by atoms with E-state index < -0.39 is 4.92 Å². The molecule has 3 aromatic rings. The number of ketones is 1. The van der Waals surface area contributed by atoms with Gasteiger partial charge in [0.25, 0.3) is 5.69 Å². The second kappa shape index (κ2) is 9.21. The van der Waals surface area contributed by atoms with Crippen molar-refractivity contribution in [3.05, 3.63) is 99.6 Å². The molecule has 146 valence electrons. The van der Waals surface area contributed by atoms with Crippen molar-refractivity contribution < 1.29 is 14.5 Å². The van der Waals surface area contributed by atoms with Crippen LogP contribution in [0.1, 0.15) is 21.5 Å². The molecule has 29 heavy (non-hydrogen) atoms. The number of methoxy groups -OCH3 is 1. The van der Waals surface area contributed by atoms with Gasteiger partial charge >= 0.3 is 0 Å². The van der Waals surface area contributed by atoms with Crippen molar-refractivity contribution in [2.24, 2.45) is 0 Å². The van der Waals surface area contributed by atoms with E-state index in [2.05, 4.69) is 0 Å².